The summed E-state index contributed by atoms with van der Waals surface area (Å²) in [6, 6.07) is 5.06. The van der Waals surface area contributed by atoms with E-state index >= 15 is 0 Å². The predicted molar refractivity (Wildman–Crippen MR) is 105 cm³/mol. The van der Waals surface area contributed by atoms with E-state index in [1.54, 1.807) is 24.1 Å². The van der Waals surface area contributed by atoms with Crippen LogP contribution in [-0.2, 0) is 22.6 Å². The van der Waals surface area contributed by atoms with Crippen molar-refractivity contribution in [1.29, 1.82) is 0 Å². The molecule has 1 unspecified atom stereocenters. The highest BCUT2D eigenvalue weighted by Crippen LogP contribution is 2.19. The molecule has 1 atom stereocenters. The number of nitrogens with one attached hydrogen (secondary N) is 2. The number of hydrogen-bond donors (Lipinski definition) is 2. The van der Waals surface area contributed by atoms with Crippen LogP contribution in [-0.4, -0.2) is 51.9 Å². The third-order valence-electron chi connectivity index (χ3n) is 4.52. The van der Waals surface area contributed by atoms with Gasteiger partial charge in [-0.1, -0.05) is 6.07 Å². The monoisotopic (exact) mass is 416 g/mol. The van der Waals surface area contributed by atoms with Crippen LogP contribution in [0.1, 0.15) is 24.1 Å². The molecule has 1 saturated heterocycles. The summed E-state index contributed by atoms with van der Waals surface area (Å²) >= 11 is 1.31. The molecule has 3 aromatic rings. The number of thiazole rings is 1. The number of carbonyl (C=O) groups excluding carboxylic acids is 2. The molecule has 1 aromatic carbocycles. The fourth-order valence-corrected chi connectivity index (χ4v) is 3.73. The van der Waals surface area contributed by atoms with Gasteiger partial charge in [-0.2, -0.15) is 0 Å². The molecule has 1 aliphatic heterocycles. The highest BCUT2D eigenvalue weighted by molar-refractivity contribution is 7.13. The van der Waals surface area contributed by atoms with Crippen LogP contribution in [0.5, 0.6) is 0 Å². The van der Waals surface area contributed by atoms with E-state index < -0.39 is 0 Å². The maximum atomic E-state index is 12.3. The van der Waals surface area contributed by atoms with Gasteiger partial charge in [-0.25, -0.2) is 14.4 Å². The number of fused-ring (bicyclic) bond motifs is 1. The number of nitrogens with zero attached hydrogens (tertiary/aromatic N) is 4. The molecular weight excluding hydrogens is 396 g/mol. The van der Waals surface area contributed by atoms with Crippen molar-refractivity contribution in [3.8, 4) is 0 Å². The second-order valence-electron chi connectivity index (χ2n) is 6.73. The van der Waals surface area contributed by atoms with Crippen LogP contribution in [0.2, 0.25) is 0 Å². The fraction of sp³-hybridized carbons (Fsp3) is 0.389. The SMILES string of the molecule is CN(Cc1csc(NC(=O)NCc2ccc3nonc3c2)n1)C(=O)C1CCCO1. The third-order valence-corrected chi connectivity index (χ3v) is 5.33. The second-order valence-corrected chi connectivity index (χ2v) is 7.59. The number of ether oxygens (including phenoxy) is 1. The topological polar surface area (TPSA) is 122 Å². The molecule has 0 bridgehead atoms. The van der Waals surface area contributed by atoms with Gasteiger partial charge in [0.2, 0.25) is 0 Å². The molecule has 1 aliphatic rings. The molecule has 10 nitrogen and oxygen atoms in total. The number of hydrogen-bond acceptors (Lipinski definition) is 8. The number of amides is 3. The lowest BCUT2D eigenvalue weighted by atomic mass is 10.2. The van der Waals surface area contributed by atoms with E-state index in [0.29, 0.717) is 41.6 Å². The number of aromatic nitrogens is 3. The van der Waals surface area contributed by atoms with Crippen molar-refractivity contribution in [1.82, 2.24) is 25.5 Å². The molecule has 1 fully saturated rings. The average molecular weight is 416 g/mol. The minimum absolute atomic E-state index is 0.0398. The summed E-state index contributed by atoms with van der Waals surface area (Å²) < 4.78 is 10.1. The van der Waals surface area contributed by atoms with Crippen LogP contribution in [0.3, 0.4) is 0 Å². The molecule has 2 aromatic heterocycles. The Morgan fingerprint density at radius 2 is 2.17 bits per heavy atom. The Bertz CT molecular complexity index is 1010. The van der Waals surface area contributed by atoms with E-state index in [-0.39, 0.29) is 18.0 Å². The van der Waals surface area contributed by atoms with Gasteiger partial charge in [0.15, 0.2) is 5.13 Å². The van der Waals surface area contributed by atoms with Gasteiger partial charge in [0.25, 0.3) is 5.91 Å². The summed E-state index contributed by atoms with van der Waals surface area (Å²) in [6.45, 7) is 1.32. The molecule has 11 heteroatoms. The van der Waals surface area contributed by atoms with Crippen molar-refractivity contribution < 1.29 is 19.0 Å². The van der Waals surface area contributed by atoms with Gasteiger partial charge in [-0.3, -0.25) is 10.1 Å². The van der Waals surface area contributed by atoms with Crippen molar-refractivity contribution >= 4 is 39.4 Å². The summed E-state index contributed by atoms with van der Waals surface area (Å²) in [6.07, 6.45) is 1.31. The van der Waals surface area contributed by atoms with Crippen molar-refractivity contribution in [3.05, 3.63) is 34.8 Å². The quantitative estimate of drug-likeness (QED) is 0.631. The molecular formula is C18H20N6O4S. The van der Waals surface area contributed by atoms with Crippen LogP contribution in [0.25, 0.3) is 11.0 Å². The minimum atomic E-state index is -0.368. The first-order chi connectivity index (χ1) is 14.1. The summed E-state index contributed by atoms with van der Waals surface area (Å²) in [5.74, 6) is -0.0398. The van der Waals surface area contributed by atoms with Gasteiger partial charge in [0, 0.05) is 25.6 Å². The lowest BCUT2D eigenvalue weighted by Crippen LogP contribution is -2.35. The second kappa shape index (κ2) is 8.53. The molecule has 3 heterocycles. The Hall–Kier alpha value is -3.05. The Labute approximate surface area is 170 Å². The molecule has 0 spiro atoms. The third kappa shape index (κ3) is 4.69. The zero-order valence-corrected chi connectivity index (χ0v) is 16.6. The van der Waals surface area contributed by atoms with Crippen molar-refractivity contribution in [2.45, 2.75) is 32.0 Å². The number of carbonyl (C=O) groups is 2. The first kappa shape index (κ1) is 19.3. The molecule has 0 aliphatic carbocycles. The molecule has 2 N–H and O–H groups in total. The first-order valence-corrected chi connectivity index (χ1v) is 10.0. The normalized spacial score (nSPS) is 16.1. The zero-order chi connectivity index (χ0) is 20.2. The molecule has 0 radical (unpaired) electrons. The van der Waals surface area contributed by atoms with Gasteiger partial charge in [0.1, 0.15) is 17.1 Å². The van der Waals surface area contributed by atoms with Crippen LogP contribution in [0.15, 0.2) is 28.2 Å². The Morgan fingerprint density at radius 3 is 3.00 bits per heavy atom. The van der Waals surface area contributed by atoms with E-state index in [0.717, 1.165) is 18.4 Å². The van der Waals surface area contributed by atoms with Crippen molar-refractivity contribution in [3.63, 3.8) is 0 Å². The lowest BCUT2D eigenvalue weighted by molar-refractivity contribution is -0.140. The summed E-state index contributed by atoms with van der Waals surface area (Å²) in [5, 5.41) is 15.3. The highest BCUT2D eigenvalue weighted by Gasteiger charge is 2.26. The van der Waals surface area contributed by atoms with E-state index in [1.807, 2.05) is 11.4 Å². The van der Waals surface area contributed by atoms with Gasteiger partial charge in [0.05, 0.1) is 12.2 Å². The van der Waals surface area contributed by atoms with Gasteiger partial charge in [-0.05, 0) is 40.9 Å². The molecule has 3 amide bonds. The Morgan fingerprint density at radius 1 is 1.31 bits per heavy atom. The van der Waals surface area contributed by atoms with Crippen LogP contribution in [0.4, 0.5) is 9.93 Å². The van der Waals surface area contributed by atoms with E-state index in [1.165, 1.54) is 11.3 Å². The Kier molecular flexibility index (Phi) is 5.67. The number of rotatable bonds is 6. The number of urea groups is 1. The highest BCUT2D eigenvalue weighted by atomic mass is 32.1. The minimum Gasteiger partial charge on any atom is -0.368 e. The van der Waals surface area contributed by atoms with Crippen LogP contribution >= 0.6 is 11.3 Å². The number of benzene rings is 1. The summed E-state index contributed by atoms with van der Waals surface area (Å²) in [5.41, 5.74) is 2.88. The maximum absolute atomic E-state index is 12.3. The standard InChI is InChI=1S/C18H20N6O4S/c1-24(16(25)15-3-2-6-27-15)9-12-10-29-18(20-12)21-17(26)19-8-11-4-5-13-14(7-11)23-28-22-13/h4-5,7,10,15H,2-3,6,8-9H2,1H3,(H2,19,20,21,26). The zero-order valence-electron chi connectivity index (χ0n) is 15.8. The van der Waals surface area contributed by atoms with Gasteiger partial charge < -0.3 is 15.0 Å². The summed E-state index contributed by atoms with van der Waals surface area (Å²) in [7, 11) is 1.73. The first-order valence-electron chi connectivity index (χ1n) is 9.15. The number of likely N-dealkylation sites (N-methyl/N-ethyl adjacent to an activating group) is 1. The van der Waals surface area contributed by atoms with E-state index in [9.17, 15) is 9.59 Å². The molecule has 0 saturated carbocycles. The van der Waals surface area contributed by atoms with E-state index in [2.05, 4.69) is 30.6 Å². The lowest BCUT2D eigenvalue weighted by Gasteiger charge is -2.19. The maximum Gasteiger partial charge on any atom is 0.321 e. The molecule has 4 rings (SSSR count). The number of anilines is 1. The van der Waals surface area contributed by atoms with Crippen molar-refractivity contribution in [2.24, 2.45) is 0 Å². The predicted octanol–water partition coefficient (Wildman–Crippen LogP) is 2.14. The largest absolute Gasteiger partial charge is 0.368 e. The molecule has 152 valence electrons. The summed E-state index contributed by atoms with van der Waals surface area (Å²) in [4.78, 5) is 30.4. The molecule has 29 heavy (non-hydrogen) atoms. The van der Waals surface area contributed by atoms with Crippen LogP contribution < -0.4 is 10.6 Å². The fourth-order valence-electron chi connectivity index (χ4n) is 3.04. The smallest absolute Gasteiger partial charge is 0.321 e. The van der Waals surface area contributed by atoms with Gasteiger partial charge >= 0.3 is 6.03 Å². The average Bonchev–Trinajstić information content (AvgIpc) is 3.47. The van der Waals surface area contributed by atoms with Crippen LogP contribution in [0, 0.1) is 0 Å². The van der Waals surface area contributed by atoms with E-state index in [4.69, 9.17) is 4.74 Å². The van der Waals surface area contributed by atoms with Crippen molar-refractivity contribution in [2.75, 3.05) is 19.0 Å². The van der Waals surface area contributed by atoms with Gasteiger partial charge in [-0.15, -0.1) is 11.3 Å². The Balaban J connectivity index is 1.26.